The van der Waals surface area contributed by atoms with Gasteiger partial charge in [0.1, 0.15) is 11.0 Å². The van der Waals surface area contributed by atoms with Gasteiger partial charge in [-0.2, -0.15) is 0 Å². The van der Waals surface area contributed by atoms with Crippen molar-refractivity contribution in [1.29, 1.82) is 0 Å². The smallest absolute Gasteiger partial charge is 0.127 e. The summed E-state index contributed by atoms with van der Waals surface area (Å²) in [5, 5.41) is 10.2. The molecule has 3 aliphatic rings. The lowest BCUT2D eigenvalue weighted by Crippen LogP contribution is -2.63. The Balaban J connectivity index is 1.41. The van der Waals surface area contributed by atoms with Crippen molar-refractivity contribution in [2.24, 2.45) is 5.41 Å². The molecule has 1 aromatic rings. The summed E-state index contributed by atoms with van der Waals surface area (Å²) in [5.74, 6) is 0. The Morgan fingerprint density at radius 1 is 1.19 bits per heavy atom. The molecule has 0 aliphatic carbocycles. The van der Waals surface area contributed by atoms with E-state index in [4.69, 9.17) is 0 Å². The zero-order valence-electron chi connectivity index (χ0n) is 16.5. The van der Waals surface area contributed by atoms with Gasteiger partial charge in [0.15, 0.2) is 0 Å². The molecule has 4 rings (SSSR count). The molecule has 3 atom stereocenters. The number of rotatable bonds is 4. The molecule has 4 nitrogen and oxygen atoms in total. The molecule has 5 heteroatoms. The van der Waals surface area contributed by atoms with Crippen LogP contribution in [0.3, 0.4) is 0 Å². The first-order valence-electron chi connectivity index (χ1n) is 9.88. The van der Waals surface area contributed by atoms with Gasteiger partial charge in [-0.15, -0.1) is 0 Å². The number of aliphatic hydroxyl groups is 1. The van der Waals surface area contributed by atoms with Crippen LogP contribution in [0.2, 0.25) is 0 Å². The zero-order chi connectivity index (χ0) is 18.7. The predicted octanol–water partition coefficient (Wildman–Crippen LogP) is 3.03. The Morgan fingerprint density at radius 3 is 2.35 bits per heavy atom. The fourth-order valence-electron chi connectivity index (χ4n) is 5.45. The molecule has 0 radical (unpaired) electrons. The number of hydrogen-bond donors (Lipinski definition) is 1. The van der Waals surface area contributed by atoms with Crippen LogP contribution in [-0.2, 0) is 11.0 Å². The van der Waals surface area contributed by atoms with Gasteiger partial charge >= 0.3 is 0 Å². The molecule has 1 aromatic carbocycles. The van der Waals surface area contributed by atoms with Crippen LogP contribution in [-0.4, -0.2) is 55.8 Å². The molecular weight excluding hydrogens is 344 g/mol. The molecule has 3 fully saturated rings. The quantitative estimate of drug-likeness (QED) is 0.878. The third-order valence-corrected chi connectivity index (χ3v) is 8.02. The summed E-state index contributed by atoms with van der Waals surface area (Å²) in [6.45, 7) is 10.6. The fraction of sp³-hybridized carbons (Fsp3) is 0.714. The molecule has 3 heterocycles. The molecule has 3 aliphatic heterocycles. The molecule has 3 saturated heterocycles. The molecule has 144 valence electrons. The number of aryl methyl sites for hydroxylation is 2. The van der Waals surface area contributed by atoms with Crippen molar-refractivity contribution in [1.82, 2.24) is 9.21 Å². The normalized spacial score (nSPS) is 29.7. The summed E-state index contributed by atoms with van der Waals surface area (Å²) >= 11 is 0. The topological polar surface area (TPSA) is 43.8 Å². The van der Waals surface area contributed by atoms with E-state index in [9.17, 15) is 9.32 Å². The Labute approximate surface area is 160 Å². The number of nitrogens with zero attached hydrogens (tertiary/aromatic N) is 2. The number of hydrogen-bond acceptors (Lipinski definition) is 3. The summed E-state index contributed by atoms with van der Waals surface area (Å²) < 4.78 is 15.2. The van der Waals surface area contributed by atoms with Crippen LogP contribution in [0.5, 0.6) is 0 Å². The van der Waals surface area contributed by atoms with Crippen LogP contribution in [0.1, 0.15) is 50.7 Å². The highest BCUT2D eigenvalue weighted by Gasteiger charge is 2.55. The lowest BCUT2D eigenvalue weighted by atomic mass is 9.70. The standard InChI is InChI=1S/C21H32N2O2S/c1-15-5-8-19(16(2)9-15)26(25)22-13-21(14-22)10-17-6-7-18(11-21)23(17)12-20(3,4)24/h5,8-9,17-18,24H,6-7,10-14H2,1-4H3. The highest BCUT2D eigenvalue weighted by atomic mass is 32.2. The monoisotopic (exact) mass is 376 g/mol. The first-order valence-corrected chi connectivity index (χ1v) is 11.0. The maximum Gasteiger partial charge on any atom is 0.127 e. The van der Waals surface area contributed by atoms with E-state index in [1.165, 1.54) is 31.2 Å². The predicted molar refractivity (Wildman–Crippen MR) is 105 cm³/mol. The minimum absolute atomic E-state index is 0.343. The fourth-order valence-corrected chi connectivity index (χ4v) is 7.03. The van der Waals surface area contributed by atoms with E-state index in [2.05, 4.69) is 35.2 Å². The first kappa shape index (κ1) is 18.6. The third kappa shape index (κ3) is 3.39. The van der Waals surface area contributed by atoms with E-state index in [1.807, 2.05) is 19.9 Å². The van der Waals surface area contributed by atoms with Crippen LogP contribution in [0, 0.1) is 19.3 Å². The van der Waals surface area contributed by atoms with E-state index < -0.39 is 16.6 Å². The Hall–Kier alpha value is -0.750. The molecule has 1 N–H and O–H groups in total. The van der Waals surface area contributed by atoms with Crippen molar-refractivity contribution in [2.45, 2.75) is 76.0 Å². The summed E-state index contributed by atoms with van der Waals surface area (Å²) in [6.07, 6.45) is 4.89. The van der Waals surface area contributed by atoms with E-state index in [-0.39, 0.29) is 0 Å². The Morgan fingerprint density at radius 2 is 1.81 bits per heavy atom. The summed E-state index contributed by atoms with van der Waals surface area (Å²) in [4.78, 5) is 3.52. The first-order chi connectivity index (χ1) is 12.2. The molecule has 3 unspecified atom stereocenters. The Bertz CT molecular complexity index is 705. The van der Waals surface area contributed by atoms with Crippen molar-refractivity contribution in [3.05, 3.63) is 29.3 Å². The van der Waals surface area contributed by atoms with Crippen molar-refractivity contribution in [2.75, 3.05) is 19.6 Å². The minimum Gasteiger partial charge on any atom is -0.389 e. The molecule has 0 aromatic heterocycles. The SMILES string of the molecule is Cc1ccc(S(=O)N2CC3(CC4CCC(C3)N4CC(C)(C)O)C2)c(C)c1. The van der Waals surface area contributed by atoms with Crippen LogP contribution in [0.4, 0.5) is 0 Å². The van der Waals surface area contributed by atoms with Crippen LogP contribution in [0.15, 0.2) is 23.1 Å². The van der Waals surface area contributed by atoms with Gasteiger partial charge in [-0.05, 0) is 65.0 Å². The lowest BCUT2D eigenvalue weighted by Gasteiger charge is -2.56. The van der Waals surface area contributed by atoms with Gasteiger partial charge in [0.05, 0.1) is 10.5 Å². The highest BCUT2D eigenvalue weighted by Crippen LogP contribution is 2.51. The second kappa shape index (κ2) is 6.40. The number of benzene rings is 1. The van der Waals surface area contributed by atoms with Gasteiger partial charge in [0, 0.05) is 37.1 Å². The summed E-state index contributed by atoms with van der Waals surface area (Å²) in [5.41, 5.74) is 2.07. The Kier molecular flexibility index (Phi) is 4.58. The molecule has 0 amide bonds. The zero-order valence-corrected chi connectivity index (χ0v) is 17.3. The maximum absolute atomic E-state index is 13.0. The second-order valence-electron chi connectivity index (χ2n) is 9.59. The van der Waals surface area contributed by atoms with Crippen molar-refractivity contribution in [3.63, 3.8) is 0 Å². The van der Waals surface area contributed by atoms with Gasteiger partial charge < -0.3 is 5.11 Å². The summed E-state index contributed by atoms with van der Waals surface area (Å²) in [7, 11) is -1.04. The van der Waals surface area contributed by atoms with Gasteiger partial charge in [-0.1, -0.05) is 17.7 Å². The van der Waals surface area contributed by atoms with E-state index in [0.29, 0.717) is 17.5 Å². The minimum atomic E-state index is -1.04. The van der Waals surface area contributed by atoms with Crippen molar-refractivity contribution >= 4 is 11.0 Å². The van der Waals surface area contributed by atoms with E-state index in [1.54, 1.807) is 0 Å². The molecule has 2 bridgehead atoms. The van der Waals surface area contributed by atoms with Gasteiger partial charge in [-0.3, -0.25) is 4.90 Å². The number of piperidine rings is 1. The largest absolute Gasteiger partial charge is 0.389 e. The third-order valence-electron chi connectivity index (χ3n) is 6.45. The molecule has 1 spiro atoms. The van der Waals surface area contributed by atoms with Crippen molar-refractivity contribution < 1.29 is 9.32 Å². The van der Waals surface area contributed by atoms with Crippen LogP contribution >= 0.6 is 0 Å². The molecule has 26 heavy (non-hydrogen) atoms. The average molecular weight is 377 g/mol. The van der Waals surface area contributed by atoms with Gasteiger partial charge in [0.25, 0.3) is 0 Å². The molecular formula is C21H32N2O2S. The van der Waals surface area contributed by atoms with Gasteiger partial charge in [0.2, 0.25) is 0 Å². The molecule has 0 saturated carbocycles. The maximum atomic E-state index is 13.0. The van der Waals surface area contributed by atoms with Gasteiger partial charge in [-0.25, -0.2) is 8.51 Å². The van der Waals surface area contributed by atoms with E-state index >= 15 is 0 Å². The summed E-state index contributed by atoms with van der Waals surface area (Å²) in [6, 6.07) is 7.40. The highest BCUT2D eigenvalue weighted by molar-refractivity contribution is 7.82. The average Bonchev–Trinajstić information content (AvgIpc) is 2.74. The second-order valence-corrected chi connectivity index (χ2v) is 11.0. The lowest BCUT2D eigenvalue weighted by molar-refractivity contribution is -0.0601. The van der Waals surface area contributed by atoms with Crippen LogP contribution in [0.25, 0.3) is 0 Å². The number of fused-ring (bicyclic) bond motifs is 2. The van der Waals surface area contributed by atoms with E-state index in [0.717, 1.165) is 30.1 Å². The van der Waals surface area contributed by atoms with Crippen molar-refractivity contribution in [3.8, 4) is 0 Å². The van der Waals surface area contributed by atoms with Crippen LogP contribution < -0.4 is 0 Å².